The molecule has 0 radical (unpaired) electrons. The van der Waals surface area contributed by atoms with Gasteiger partial charge in [-0.15, -0.1) is 0 Å². The molecule has 0 atom stereocenters. The topological polar surface area (TPSA) is 37.8 Å². The van der Waals surface area contributed by atoms with E-state index in [1.807, 2.05) is 6.92 Å². The highest BCUT2D eigenvalue weighted by molar-refractivity contribution is 5.60. The summed E-state index contributed by atoms with van der Waals surface area (Å²) in [7, 11) is 0. The molecule has 3 nitrogen and oxygen atoms in total. The molecule has 0 bridgehead atoms. The monoisotopic (exact) mass is 281 g/mol. The third-order valence-corrected chi connectivity index (χ3v) is 2.62. The van der Waals surface area contributed by atoms with Crippen LogP contribution in [0.15, 0.2) is 36.4 Å². The minimum absolute atomic E-state index is 0.000489. The maximum Gasteiger partial charge on any atom is 0.433 e. The van der Waals surface area contributed by atoms with Crippen LogP contribution in [0, 0.1) is 0 Å². The zero-order chi connectivity index (χ0) is 14.6. The summed E-state index contributed by atoms with van der Waals surface area (Å²) in [4.78, 5) is 7.65. The molecule has 6 heteroatoms. The lowest BCUT2D eigenvalue weighted by Gasteiger charge is -2.11. The highest BCUT2D eigenvalue weighted by Gasteiger charge is 2.33. The minimum Gasteiger partial charge on any atom is -0.354 e. The van der Waals surface area contributed by atoms with E-state index in [0.717, 1.165) is 12.5 Å². The van der Waals surface area contributed by atoms with E-state index in [0.29, 0.717) is 12.1 Å². The average Bonchev–Trinajstić information content (AvgIpc) is 2.45. The molecule has 106 valence electrons. The zero-order valence-electron chi connectivity index (χ0n) is 10.9. The van der Waals surface area contributed by atoms with Crippen LogP contribution >= 0.6 is 0 Å². The van der Waals surface area contributed by atoms with E-state index in [-0.39, 0.29) is 11.6 Å². The predicted octanol–water partition coefficient (Wildman–Crippen LogP) is 3.98. The van der Waals surface area contributed by atoms with Gasteiger partial charge in [-0.3, -0.25) is 0 Å². The van der Waals surface area contributed by atoms with Gasteiger partial charge in [-0.25, -0.2) is 9.97 Å². The van der Waals surface area contributed by atoms with Crippen molar-refractivity contribution in [2.24, 2.45) is 0 Å². The normalized spacial score (nSPS) is 11.4. The quantitative estimate of drug-likeness (QED) is 0.921. The summed E-state index contributed by atoms with van der Waals surface area (Å²) in [6.07, 6.45) is -3.71. The van der Waals surface area contributed by atoms with E-state index in [4.69, 9.17) is 0 Å². The molecule has 2 aromatic rings. The number of hydrogen-bond donors (Lipinski definition) is 1. The third-order valence-electron chi connectivity index (χ3n) is 2.62. The maximum atomic E-state index is 12.9. The van der Waals surface area contributed by atoms with Crippen molar-refractivity contribution < 1.29 is 13.2 Å². The van der Waals surface area contributed by atoms with Crippen LogP contribution in [-0.2, 0) is 6.18 Å². The molecule has 0 fully saturated rings. The van der Waals surface area contributed by atoms with E-state index in [1.165, 1.54) is 0 Å². The Labute approximate surface area is 114 Å². The largest absolute Gasteiger partial charge is 0.433 e. The van der Waals surface area contributed by atoms with Gasteiger partial charge >= 0.3 is 6.18 Å². The molecule has 0 spiro atoms. The van der Waals surface area contributed by atoms with Crippen molar-refractivity contribution in [2.75, 3.05) is 11.9 Å². The SMILES string of the molecule is CCCNc1nc(-c2ccccc2)cc(C(F)(F)F)n1. The Kier molecular flexibility index (Phi) is 4.22. The first-order chi connectivity index (χ1) is 9.50. The summed E-state index contributed by atoms with van der Waals surface area (Å²) < 4.78 is 38.6. The molecular weight excluding hydrogens is 267 g/mol. The molecule has 1 aromatic carbocycles. The summed E-state index contributed by atoms with van der Waals surface area (Å²) >= 11 is 0. The Hall–Kier alpha value is -2.11. The fraction of sp³-hybridized carbons (Fsp3) is 0.286. The Bertz CT molecular complexity index is 568. The number of benzene rings is 1. The first-order valence-corrected chi connectivity index (χ1v) is 6.26. The van der Waals surface area contributed by atoms with E-state index in [1.54, 1.807) is 30.3 Å². The summed E-state index contributed by atoms with van der Waals surface area (Å²) in [5, 5.41) is 2.79. The number of halogens is 3. The van der Waals surface area contributed by atoms with Gasteiger partial charge in [0.1, 0.15) is 0 Å². The Morgan fingerprint density at radius 1 is 1.10 bits per heavy atom. The summed E-state index contributed by atoms with van der Waals surface area (Å²) in [5.41, 5.74) is -0.0589. The lowest BCUT2D eigenvalue weighted by Crippen LogP contribution is -2.13. The van der Waals surface area contributed by atoms with Crippen LogP contribution in [0.5, 0.6) is 0 Å². The fourth-order valence-corrected chi connectivity index (χ4v) is 1.67. The van der Waals surface area contributed by atoms with Crippen LogP contribution in [0.4, 0.5) is 19.1 Å². The lowest BCUT2D eigenvalue weighted by molar-refractivity contribution is -0.141. The van der Waals surface area contributed by atoms with Gasteiger partial charge in [0.15, 0.2) is 5.69 Å². The lowest BCUT2D eigenvalue weighted by atomic mass is 10.1. The highest BCUT2D eigenvalue weighted by Crippen LogP contribution is 2.31. The second-order valence-corrected chi connectivity index (χ2v) is 4.25. The van der Waals surface area contributed by atoms with Crippen molar-refractivity contribution in [1.82, 2.24) is 9.97 Å². The summed E-state index contributed by atoms with van der Waals surface area (Å²) in [6.45, 7) is 2.44. The second-order valence-electron chi connectivity index (χ2n) is 4.25. The van der Waals surface area contributed by atoms with E-state index < -0.39 is 11.9 Å². The number of rotatable bonds is 4. The van der Waals surface area contributed by atoms with Crippen LogP contribution < -0.4 is 5.32 Å². The van der Waals surface area contributed by atoms with Crippen molar-refractivity contribution in [3.8, 4) is 11.3 Å². The summed E-state index contributed by atoms with van der Waals surface area (Å²) in [6, 6.07) is 9.70. The van der Waals surface area contributed by atoms with Crippen molar-refractivity contribution in [2.45, 2.75) is 19.5 Å². The van der Waals surface area contributed by atoms with E-state index in [9.17, 15) is 13.2 Å². The van der Waals surface area contributed by atoms with E-state index in [2.05, 4.69) is 15.3 Å². The van der Waals surface area contributed by atoms with Crippen LogP contribution in [0.25, 0.3) is 11.3 Å². The van der Waals surface area contributed by atoms with Gasteiger partial charge in [0.2, 0.25) is 5.95 Å². The average molecular weight is 281 g/mol. The first-order valence-electron chi connectivity index (χ1n) is 6.26. The number of hydrogen-bond acceptors (Lipinski definition) is 3. The molecule has 1 N–H and O–H groups in total. The number of alkyl halides is 3. The molecule has 0 aliphatic carbocycles. The van der Waals surface area contributed by atoms with Crippen molar-refractivity contribution in [3.63, 3.8) is 0 Å². The van der Waals surface area contributed by atoms with E-state index >= 15 is 0 Å². The number of anilines is 1. The van der Waals surface area contributed by atoms with Crippen LogP contribution in [-0.4, -0.2) is 16.5 Å². The number of nitrogens with zero attached hydrogens (tertiary/aromatic N) is 2. The molecule has 1 heterocycles. The minimum atomic E-state index is -4.49. The summed E-state index contributed by atoms with van der Waals surface area (Å²) in [5.74, 6) is 0.000489. The van der Waals surface area contributed by atoms with Crippen LogP contribution in [0.3, 0.4) is 0 Å². The van der Waals surface area contributed by atoms with Gasteiger partial charge in [0.05, 0.1) is 5.69 Å². The van der Waals surface area contributed by atoms with Crippen molar-refractivity contribution in [3.05, 3.63) is 42.1 Å². The Balaban J connectivity index is 2.46. The second kappa shape index (κ2) is 5.90. The number of aromatic nitrogens is 2. The molecule has 20 heavy (non-hydrogen) atoms. The predicted molar refractivity (Wildman–Crippen MR) is 71.3 cm³/mol. The fourth-order valence-electron chi connectivity index (χ4n) is 1.67. The first kappa shape index (κ1) is 14.3. The van der Waals surface area contributed by atoms with Crippen molar-refractivity contribution >= 4 is 5.95 Å². The van der Waals surface area contributed by atoms with Gasteiger partial charge in [0.25, 0.3) is 0 Å². The molecule has 0 aliphatic rings. The van der Waals surface area contributed by atoms with Crippen LogP contribution in [0.1, 0.15) is 19.0 Å². The zero-order valence-corrected chi connectivity index (χ0v) is 10.9. The Morgan fingerprint density at radius 3 is 2.40 bits per heavy atom. The molecule has 0 aliphatic heterocycles. The number of nitrogens with one attached hydrogen (secondary N) is 1. The van der Waals surface area contributed by atoms with Crippen LogP contribution in [0.2, 0.25) is 0 Å². The Morgan fingerprint density at radius 2 is 1.80 bits per heavy atom. The third kappa shape index (κ3) is 3.46. The maximum absolute atomic E-state index is 12.9. The smallest absolute Gasteiger partial charge is 0.354 e. The molecule has 0 saturated carbocycles. The molecule has 0 unspecified atom stereocenters. The van der Waals surface area contributed by atoms with Gasteiger partial charge < -0.3 is 5.32 Å². The molecule has 1 aromatic heterocycles. The van der Waals surface area contributed by atoms with Gasteiger partial charge in [0, 0.05) is 12.1 Å². The molecule has 0 saturated heterocycles. The molecule has 2 rings (SSSR count). The van der Waals surface area contributed by atoms with Crippen molar-refractivity contribution in [1.29, 1.82) is 0 Å². The highest BCUT2D eigenvalue weighted by atomic mass is 19.4. The molecule has 0 amide bonds. The van der Waals surface area contributed by atoms with Gasteiger partial charge in [-0.05, 0) is 12.5 Å². The molecular formula is C14H14F3N3. The van der Waals surface area contributed by atoms with Gasteiger partial charge in [-0.1, -0.05) is 37.3 Å². The van der Waals surface area contributed by atoms with Gasteiger partial charge in [-0.2, -0.15) is 13.2 Å². The standard InChI is InChI=1S/C14H14F3N3/c1-2-8-18-13-19-11(10-6-4-3-5-7-10)9-12(20-13)14(15,16)17/h3-7,9H,2,8H2,1H3,(H,18,19,20).